The van der Waals surface area contributed by atoms with Crippen molar-refractivity contribution in [3.63, 3.8) is 0 Å². The zero-order chi connectivity index (χ0) is 24.0. The highest BCUT2D eigenvalue weighted by molar-refractivity contribution is 7.89. The fourth-order valence-corrected chi connectivity index (χ4v) is 6.22. The Kier molecular flexibility index (Phi) is 8.33. The third-order valence-corrected chi connectivity index (χ3v) is 8.43. The molecule has 2 aliphatic heterocycles. The summed E-state index contributed by atoms with van der Waals surface area (Å²) in [7, 11) is -3.50. The minimum atomic E-state index is -3.50. The number of benzene rings is 2. The molecule has 0 bridgehead atoms. The van der Waals surface area contributed by atoms with Gasteiger partial charge in [-0.15, -0.1) is 0 Å². The number of carbonyl (C=O) groups is 1. The van der Waals surface area contributed by atoms with Gasteiger partial charge in [0.2, 0.25) is 15.9 Å². The highest BCUT2D eigenvalue weighted by atomic mass is 32.2. The Hall–Kier alpha value is -2.30. The number of carbonyl (C=O) groups excluding carboxylic acids is 1. The van der Waals surface area contributed by atoms with Gasteiger partial charge in [-0.2, -0.15) is 4.31 Å². The van der Waals surface area contributed by atoms with Crippen molar-refractivity contribution in [2.45, 2.75) is 23.9 Å². The normalized spacial score (nSPS) is 20.5. The summed E-state index contributed by atoms with van der Waals surface area (Å²) >= 11 is 0. The van der Waals surface area contributed by atoms with Crippen molar-refractivity contribution in [1.29, 1.82) is 0 Å². The lowest BCUT2D eigenvalue weighted by Gasteiger charge is -2.39. The lowest BCUT2D eigenvalue weighted by atomic mass is 9.98. The summed E-state index contributed by atoms with van der Waals surface area (Å²) in [6.07, 6.45) is 0. The minimum absolute atomic E-state index is 0.0407. The first-order valence-electron chi connectivity index (χ1n) is 11.9. The molecule has 1 N–H and O–H groups in total. The van der Waals surface area contributed by atoms with Gasteiger partial charge in [0.25, 0.3) is 0 Å². The molecule has 2 aromatic carbocycles. The maximum absolute atomic E-state index is 12.9. The topological polar surface area (TPSA) is 82.2 Å². The van der Waals surface area contributed by atoms with Crippen molar-refractivity contribution in [3.8, 4) is 0 Å². The molecule has 2 fully saturated rings. The number of hydrogen-bond donors (Lipinski definition) is 1. The predicted molar refractivity (Wildman–Crippen MR) is 131 cm³/mol. The highest BCUT2D eigenvalue weighted by Gasteiger charge is 2.31. The zero-order valence-electron chi connectivity index (χ0n) is 19.7. The molecule has 0 radical (unpaired) electrons. The van der Waals surface area contributed by atoms with Crippen molar-refractivity contribution in [3.05, 3.63) is 66.2 Å². The molecule has 2 aromatic rings. The molecule has 4 rings (SSSR count). The van der Waals surface area contributed by atoms with Crippen molar-refractivity contribution < 1.29 is 17.9 Å². The molecule has 0 unspecified atom stereocenters. The van der Waals surface area contributed by atoms with Crippen LogP contribution in [0.5, 0.6) is 0 Å². The summed E-state index contributed by atoms with van der Waals surface area (Å²) in [6, 6.07) is 18.8. The smallest absolute Gasteiger partial charge is 0.243 e. The van der Waals surface area contributed by atoms with Gasteiger partial charge in [-0.25, -0.2) is 8.42 Å². The first kappa shape index (κ1) is 24.8. The summed E-state index contributed by atoms with van der Waals surface area (Å²) in [5.74, 6) is -0.0407. The van der Waals surface area contributed by atoms with Crippen LogP contribution in [0, 0.1) is 0 Å². The van der Waals surface area contributed by atoms with E-state index in [1.165, 1.54) is 9.87 Å². The van der Waals surface area contributed by atoms with E-state index in [0.29, 0.717) is 44.3 Å². The van der Waals surface area contributed by atoms with Crippen LogP contribution in [0.25, 0.3) is 0 Å². The van der Waals surface area contributed by atoms with E-state index in [1.807, 2.05) is 23.1 Å². The van der Waals surface area contributed by atoms with E-state index in [4.69, 9.17) is 4.74 Å². The van der Waals surface area contributed by atoms with Gasteiger partial charge in [-0.05, 0) is 24.6 Å². The third-order valence-electron chi connectivity index (χ3n) is 6.52. The molecule has 2 heterocycles. The largest absolute Gasteiger partial charge is 0.379 e. The van der Waals surface area contributed by atoms with Crippen LogP contribution in [0.3, 0.4) is 0 Å². The van der Waals surface area contributed by atoms with Crippen LogP contribution in [-0.4, -0.2) is 93.5 Å². The molecule has 0 aliphatic carbocycles. The number of ether oxygens (including phenoxy) is 1. The Morgan fingerprint density at radius 3 is 2.12 bits per heavy atom. The van der Waals surface area contributed by atoms with Crippen LogP contribution in [0.4, 0.5) is 0 Å². The van der Waals surface area contributed by atoms with Gasteiger partial charge >= 0.3 is 0 Å². The molecule has 9 heteroatoms. The monoisotopic (exact) mass is 486 g/mol. The summed E-state index contributed by atoms with van der Waals surface area (Å²) in [5.41, 5.74) is 1.18. The number of amides is 1. The van der Waals surface area contributed by atoms with E-state index in [-0.39, 0.29) is 24.5 Å². The molecule has 184 valence electrons. The number of rotatable bonds is 8. The Bertz CT molecular complexity index is 1020. The Labute approximate surface area is 202 Å². The highest BCUT2D eigenvalue weighted by Crippen LogP contribution is 2.25. The average Bonchev–Trinajstić information content (AvgIpc) is 2.86. The average molecular weight is 487 g/mol. The van der Waals surface area contributed by atoms with Gasteiger partial charge in [-0.1, -0.05) is 48.5 Å². The number of nitrogens with zero attached hydrogens (tertiary/aromatic N) is 3. The van der Waals surface area contributed by atoms with Crippen molar-refractivity contribution >= 4 is 15.9 Å². The summed E-state index contributed by atoms with van der Waals surface area (Å²) in [6.45, 7) is 7.17. The molecule has 0 aromatic heterocycles. The molecule has 1 amide bonds. The van der Waals surface area contributed by atoms with E-state index in [1.54, 1.807) is 30.3 Å². The van der Waals surface area contributed by atoms with Crippen LogP contribution < -0.4 is 5.32 Å². The molecular formula is C25H34N4O4S. The lowest BCUT2D eigenvalue weighted by Crippen LogP contribution is -2.53. The first-order chi connectivity index (χ1) is 16.4. The Morgan fingerprint density at radius 2 is 1.50 bits per heavy atom. The Morgan fingerprint density at radius 1 is 0.912 bits per heavy atom. The van der Waals surface area contributed by atoms with Gasteiger partial charge < -0.3 is 10.1 Å². The SMILES string of the molecule is C[C@H](NC(=O)CN1CCN(S(=O)(=O)c2ccccc2)CC1)[C@H](c1ccccc1)N1CCOCC1. The summed E-state index contributed by atoms with van der Waals surface area (Å²) in [5, 5.41) is 3.20. The molecule has 2 saturated heterocycles. The van der Waals surface area contributed by atoms with Gasteiger partial charge in [0.15, 0.2) is 0 Å². The molecular weight excluding hydrogens is 452 g/mol. The molecule has 0 saturated carbocycles. The molecule has 34 heavy (non-hydrogen) atoms. The van der Waals surface area contributed by atoms with Crippen LogP contribution in [0.15, 0.2) is 65.6 Å². The summed E-state index contributed by atoms with van der Waals surface area (Å²) < 4.78 is 32.7. The first-order valence-corrected chi connectivity index (χ1v) is 13.3. The standard InChI is InChI=1S/C25H34N4O4S/c1-21(25(22-8-4-2-5-9-22)28-16-18-33-19-17-28)26-24(30)20-27-12-14-29(15-13-27)34(31,32)23-10-6-3-7-11-23/h2-11,21,25H,12-20H2,1H3,(H,26,30)/t21-,25+/m0/s1. The summed E-state index contributed by atoms with van der Waals surface area (Å²) in [4.78, 5) is 17.6. The number of morpholine rings is 1. The van der Waals surface area contributed by atoms with E-state index in [9.17, 15) is 13.2 Å². The van der Waals surface area contributed by atoms with E-state index < -0.39 is 10.0 Å². The maximum atomic E-state index is 12.9. The molecule has 2 aliphatic rings. The third kappa shape index (κ3) is 6.03. The maximum Gasteiger partial charge on any atom is 0.243 e. The van der Waals surface area contributed by atoms with Crippen LogP contribution in [-0.2, 0) is 19.6 Å². The quantitative estimate of drug-likeness (QED) is 0.610. The fraction of sp³-hybridized carbons (Fsp3) is 0.480. The van der Waals surface area contributed by atoms with Crippen molar-refractivity contribution in [1.82, 2.24) is 19.4 Å². The second-order valence-corrected chi connectivity index (χ2v) is 10.8. The van der Waals surface area contributed by atoms with E-state index in [2.05, 4.69) is 29.3 Å². The van der Waals surface area contributed by atoms with E-state index >= 15 is 0 Å². The second kappa shape index (κ2) is 11.4. The number of piperazine rings is 1. The van der Waals surface area contributed by atoms with Crippen LogP contribution >= 0.6 is 0 Å². The molecule has 2 atom stereocenters. The van der Waals surface area contributed by atoms with Gasteiger partial charge in [0, 0.05) is 45.3 Å². The number of hydrogen-bond acceptors (Lipinski definition) is 6. The van der Waals surface area contributed by atoms with Crippen molar-refractivity contribution in [2.24, 2.45) is 0 Å². The number of sulfonamides is 1. The van der Waals surface area contributed by atoms with Crippen LogP contribution in [0.1, 0.15) is 18.5 Å². The van der Waals surface area contributed by atoms with Gasteiger partial charge in [0.05, 0.1) is 30.7 Å². The van der Waals surface area contributed by atoms with E-state index in [0.717, 1.165) is 13.1 Å². The lowest BCUT2D eigenvalue weighted by molar-refractivity contribution is -0.123. The second-order valence-electron chi connectivity index (χ2n) is 8.85. The predicted octanol–water partition coefficient (Wildman–Crippen LogP) is 1.57. The van der Waals surface area contributed by atoms with Crippen LogP contribution in [0.2, 0.25) is 0 Å². The zero-order valence-corrected chi connectivity index (χ0v) is 20.5. The van der Waals surface area contributed by atoms with Gasteiger partial charge in [0.1, 0.15) is 0 Å². The molecule has 0 spiro atoms. The molecule has 8 nitrogen and oxygen atoms in total. The van der Waals surface area contributed by atoms with Gasteiger partial charge in [-0.3, -0.25) is 14.6 Å². The Balaban J connectivity index is 1.32. The fourth-order valence-electron chi connectivity index (χ4n) is 4.77. The number of nitrogens with one attached hydrogen (secondary N) is 1. The minimum Gasteiger partial charge on any atom is -0.379 e. The van der Waals surface area contributed by atoms with Crippen molar-refractivity contribution in [2.75, 3.05) is 59.0 Å².